The van der Waals surface area contributed by atoms with Crippen molar-refractivity contribution in [2.24, 2.45) is 0 Å². The van der Waals surface area contributed by atoms with Crippen LogP contribution in [0.25, 0.3) is 11.2 Å². The fraction of sp³-hybridized carbons (Fsp3) is 0.308. The highest BCUT2D eigenvalue weighted by Crippen LogP contribution is 2.20. The lowest BCUT2D eigenvalue weighted by Gasteiger charge is -2.06. The van der Waals surface area contributed by atoms with Gasteiger partial charge >= 0.3 is 0 Å². The van der Waals surface area contributed by atoms with Gasteiger partial charge in [-0.05, 0) is 6.07 Å². The molecule has 3 heterocycles. The molecule has 0 aliphatic carbocycles. The number of imidazole rings is 1. The summed E-state index contributed by atoms with van der Waals surface area (Å²) in [5.74, 6) is 2.03. The molecule has 3 aromatic heterocycles. The second-order valence-corrected chi connectivity index (χ2v) is 5.53. The van der Waals surface area contributed by atoms with Gasteiger partial charge in [0.05, 0.1) is 13.7 Å². The number of hydrogen-bond donors (Lipinski definition) is 0. The number of fused-ring (bicyclic) bond motifs is 1. The zero-order valence-corrected chi connectivity index (χ0v) is 12.5. The molecule has 0 aromatic carbocycles. The number of thiazole rings is 1. The molecule has 104 valence electrons. The lowest BCUT2D eigenvalue weighted by molar-refractivity contribution is 0.399. The normalized spacial score (nSPS) is 11.1. The molecule has 0 aliphatic rings. The lowest BCUT2D eigenvalue weighted by Crippen LogP contribution is -2.06. The number of pyridine rings is 1. The number of ether oxygens (including phenoxy) is 1. The van der Waals surface area contributed by atoms with E-state index in [0.717, 1.165) is 22.0 Å². The number of aryl methyl sites for hydroxylation is 1. The maximum Gasteiger partial charge on any atom is 0.215 e. The van der Waals surface area contributed by atoms with Crippen LogP contribution < -0.4 is 4.74 Å². The molecular weight excluding hydrogens is 296 g/mol. The van der Waals surface area contributed by atoms with Crippen LogP contribution in [-0.2, 0) is 13.0 Å². The van der Waals surface area contributed by atoms with Crippen molar-refractivity contribution in [3.63, 3.8) is 0 Å². The van der Waals surface area contributed by atoms with Gasteiger partial charge in [0.15, 0.2) is 5.65 Å². The Balaban J connectivity index is 2.11. The molecule has 0 saturated heterocycles. The predicted molar refractivity (Wildman–Crippen MR) is 79.7 cm³/mol. The van der Waals surface area contributed by atoms with Gasteiger partial charge in [0.25, 0.3) is 0 Å². The van der Waals surface area contributed by atoms with Crippen molar-refractivity contribution in [2.45, 2.75) is 13.0 Å². The van der Waals surface area contributed by atoms with Gasteiger partial charge in [0.1, 0.15) is 16.3 Å². The zero-order valence-electron chi connectivity index (χ0n) is 10.9. The summed E-state index contributed by atoms with van der Waals surface area (Å²) in [7, 11) is 1.61. The van der Waals surface area contributed by atoms with E-state index < -0.39 is 0 Å². The minimum atomic E-state index is 0.526. The number of rotatable bonds is 5. The van der Waals surface area contributed by atoms with Crippen molar-refractivity contribution in [3.05, 3.63) is 34.5 Å². The van der Waals surface area contributed by atoms with E-state index in [2.05, 4.69) is 19.5 Å². The predicted octanol–water partition coefficient (Wildman–Crippen LogP) is 2.73. The quantitative estimate of drug-likeness (QED) is 0.680. The molecule has 0 atom stereocenters. The molecule has 0 bridgehead atoms. The van der Waals surface area contributed by atoms with Crippen LogP contribution in [0, 0.1) is 0 Å². The van der Waals surface area contributed by atoms with E-state index >= 15 is 0 Å². The summed E-state index contributed by atoms with van der Waals surface area (Å²) in [6, 6.07) is 3.73. The van der Waals surface area contributed by atoms with Crippen molar-refractivity contribution < 1.29 is 4.74 Å². The molecule has 20 heavy (non-hydrogen) atoms. The van der Waals surface area contributed by atoms with E-state index in [1.807, 2.05) is 17.5 Å². The third kappa shape index (κ3) is 2.48. The summed E-state index contributed by atoms with van der Waals surface area (Å²) in [4.78, 5) is 13.4. The summed E-state index contributed by atoms with van der Waals surface area (Å²) < 4.78 is 7.25. The number of hydrogen-bond acceptors (Lipinski definition) is 5. The minimum Gasteiger partial charge on any atom is -0.481 e. The Morgan fingerprint density at radius 1 is 1.35 bits per heavy atom. The van der Waals surface area contributed by atoms with Crippen molar-refractivity contribution in [2.75, 3.05) is 13.0 Å². The van der Waals surface area contributed by atoms with Gasteiger partial charge in [-0.1, -0.05) is 0 Å². The first-order chi connectivity index (χ1) is 9.81. The van der Waals surface area contributed by atoms with E-state index in [1.54, 1.807) is 24.6 Å². The zero-order chi connectivity index (χ0) is 13.9. The van der Waals surface area contributed by atoms with E-state index in [1.165, 1.54) is 0 Å². The fourth-order valence-electron chi connectivity index (χ4n) is 2.05. The molecule has 0 fully saturated rings. The van der Waals surface area contributed by atoms with Gasteiger partial charge in [-0.25, -0.2) is 9.97 Å². The number of nitrogens with zero attached hydrogens (tertiary/aromatic N) is 4. The topological polar surface area (TPSA) is 52.8 Å². The number of aromatic nitrogens is 4. The van der Waals surface area contributed by atoms with Gasteiger partial charge in [-0.15, -0.1) is 22.9 Å². The maximum absolute atomic E-state index is 5.86. The molecule has 0 spiro atoms. The van der Waals surface area contributed by atoms with Crippen LogP contribution in [0.4, 0.5) is 0 Å². The highest BCUT2D eigenvalue weighted by Gasteiger charge is 2.13. The summed E-state index contributed by atoms with van der Waals surface area (Å²) in [6.45, 7) is 0.653. The molecule has 7 heteroatoms. The van der Waals surface area contributed by atoms with Crippen LogP contribution in [0.3, 0.4) is 0 Å². The van der Waals surface area contributed by atoms with Crippen LogP contribution in [-0.4, -0.2) is 32.5 Å². The van der Waals surface area contributed by atoms with Gasteiger partial charge in [-0.3, -0.25) is 0 Å². The van der Waals surface area contributed by atoms with Crippen molar-refractivity contribution >= 4 is 34.1 Å². The highest BCUT2D eigenvalue weighted by atomic mass is 35.5. The van der Waals surface area contributed by atoms with Crippen LogP contribution in [0.5, 0.6) is 5.88 Å². The maximum atomic E-state index is 5.86. The molecule has 3 aromatic rings. The SMILES string of the molecule is COc1ccc2nc(CCCl)n(Cc3nccs3)c2n1. The average molecular weight is 309 g/mol. The summed E-state index contributed by atoms with van der Waals surface area (Å²) in [6.07, 6.45) is 2.50. The van der Waals surface area contributed by atoms with E-state index in [-0.39, 0.29) is 0 Å². The van der Waals surface area contributed by atoms with Crippen molar-refractivity contribution in [1.29, 1.82) is 0 Å². The minimum absolute atomic E-state index is 0.526. The molecule has 0 unspecified atom stereocenters. The number of methoxy groups -OCH3 is 1. The molecular formula is C13H13ClN4OS. The number of alkyl halides is 1. The third-order valence-corrected chi connectivity index (χ3v) is 3.90. The summed E-state index contributed by atoms with van der Waals surface area (Å²) in [5.41, 5.74) is 1.65. The van der Waals surface area contributed by atoms with Gasteiger partial charge in [0, 0.05) is 29.9 Å². The third-order valence-electron chi connectivity index (χ3n) is 2.95. The summed E-state index contributed by atoms with van der Waals surface area (Å²) >= 11 is 7.48. The largest absolute Gasteiger partial charge is 0.481 e. The van der Waals surface area contributed by atoms with Gasteiger partial charge < -0.3 is 9.30 Å². The second-order valence-electron chi connectivity index (χ2n) is 4.18. The first-order valence-corrected chi connectivity index (χ1v) is 7.57. The Morgan fingerprint density at radius 2 is 2.25 bits per heavy atom. The van der Waals surface area contributed by atoms with Crippen LogP contribution in [0.15, 0.2) is 23.7 Å². The Kier molecular flexibility index (Phi) is 3.84. The molecule has 0 saturated carbocycles. The Morgan fingerprint density at radius 3 is 2.95 bits per heavy atom. The monoisotopic (exact) mass is 308 g/mol. The first-order valence-electron chi connectivity index (χ1n) is 6.16. The second kappa shape index (κ2) is 5.76. The van der Waals surface area contributed by atoms with E-state index in [9.17, 15) is 0 Å². The standard InChI is InChI=1S/C13H13ClN4OS/c1-19-11-3-2-9-13(17-11)18(10(16-9)4-5-14)8-12-15-6-7-20-12/h2-3,6-7H,4-5,8H2,1H3. The van der Waals surface area contributed by atoms with Gasteiger partial charge in [0.2, 0.25) is 5.88 Å². The lowest BCUT2D eigenvalue weighted by atomic mass is 10.4. The van der Waals surface area contributed by atoms with E-state index in [4.69, 9.17) is 16.3 Å². The molecule has 0 aliphatic heterocycles. The van der Waals surface area contributed by atoms with Crippen molar-refractivity contribution in [3.8, 4) is 5.88 Å². The average Bonchev–Trinajstić information content (AvgIpc) is 3.08. The molecule has 0 N–H and O–H groups in total. The number of halogens is 1. The van der Waals surface area contributed by atoms with Crippen LogP contribution in [0.2, 0.25) is 0 Å². The van der Waals surface area contributed by atoms with Crippen LogP contribution in [0.1, 0.15) is 10.8 Å². The Bertz CT molecular complexity index is 711. The Hall–Kier alpha value is -1.66. The summed E-state index contributed by atoms with van der Waals surface area (Å²) in [5, 5.41) is 2.98. The molecule has 0 amide bonds. The fourth-order valence-corrected chi connectivity index (χ4v) is 2.83. The van der Waals surface area contributed by atoms with E-state index in [0.29, 0.717) is 24.7 Å². The first kappa shape index (κ1) is 13.3. The van der Waals surface area contributed by atoms with Crippen molar-refractivity contribution in [1.82, 2.24) is 19.5 Å². The molecule has 0 radical (unpaired) electrons. The highest BCUT2D eigenvalue weighted by molar-refractivity contribution is 7.09. The Labute approximate surface area is 125 Å². The molecule has 5 nitrogen and oxygen atoms in total. The molecule has 3 rings (SSSR count). The van der Waals surface area contributed by atoms with Gasteiger partial charge in [-0.2, -0.15) is 4.98 Å². The smallest absolute Gasteiger partial charge is 0.215 e. The van der Waals surface area contributed by atoms with Crippen LogP contribution >= 0.6 is 22.9 Å².